The molecule has 1 heteroatoms. The lowest BCUT2D eigenvalue weighted by atomic mass is 10.5. The number of hydrogen-bond acceptors (Lipinski definition) is 0. The van der Waals surface area contributed by atoms with Crippen LogP contribution in [0.3, 0.4) is 0 Å². The van der Waals surface area contributed by atoms with Crippen LogP contribution in [0.15, 0.2) is 0 Å². The Kier molecular flexibility index (Phi) is 2.13. The molecule has 1 atom stereocenters. The summed E-state index contributed by atoms with van der Waals surface area (Å²) in [7, 11) is 0. The smallest absolute Gasteiger partial charge is 0.0730 e. The highest BCUT2D eigenvalue weighted by molar-refractivity contribution is 7.81. The van der Waals surface area contributed by atoms with E-state index in [1.165, 1.54) is 0 Å². The molecule has 0 N–H and O–H groups in total. The summed E-state index contributed by atoms with van der Waals surface area (Å²) in [6.45, 7) is 1.80. The molecule has 0 saturated carbocycles. The van der Waals surface area contributed by atoms with Crippen molar-refractivity contribution in [2.24, 2.45) is 0 Å². The van der Waals surface area contributed by atoms with Crippen molar-refractivity contribution in [1.29, 1.82) is 0 Å². The van der Waals surface area contributed by atoms with Crippen molar-refractivity contribution < 1.29 is 0 Å². The van der Waals surface area contributed by atoms with Crippen molar-refractivity contribution in [1.82, 2.24) is 0 Å². The average molecular weight is 85.2 g/mol. The van der Waals surface area contributed by atoms with Crippen molar-refractivity contribution in [2.75, 3.05) is 0 Å². The largest absolute Gasteiger partial charge is 0.119 e. The Morgan fingerprint density at radius 1 is 2.00 bits per heavy atom. The summed E-state index contributed by atoms with van der Waals surface area (Å²) in [4.78, 5) is 0. The molecule has 27 valence electrons. The molecule has 0 nitrogen and oxygen atoms in total. The molecule has 0 bridgehead atoms. The van der Waals surface area contributed by atoms with Crippen LogP contribution in [0.5, 0.6) is 0 Å². The molecule has 0 aliphatic heterocycles. The van der Waals surface area contributed by atoms with Gasteiger partial charge in [-0.2, -0.15) is 0 Å². The van der Waals surface area contributed by atoms with Gasteiger partial charge in [0.1, 0.15) is 0 Å². The van der Waals surface area contributed by atoms with Crippen LogP contribution in [0, 0.1) is 12.3 Å². The van der Waals surface area contributed by atoms with E-state index in [0.29, 0.717) is 0 Å². The zero-order valence-electron chi connectivity index (χ0n) is 3.06. The highest BCUT2D eigenvalue weighted by Crippen LogP contribution is 1.84. The molecule has 0 aliphatic carbocycles. The maximum absolute atomic E-state index is 4.82. The van der Waals surface area contributed by atoms with E-state index in [2.05, 4.69) is 18.5 Å². The molecular weight excluding hydrogens is 80.1 g/mol. The summed E-state index contributed by atoms with van der Waals surface area (Å²) in [5.74, 6) is 2.34. The fourth-order valence-corrected chi connectivity index (χ4v) is 0. The first kappa shape index (κ1) is 4.91. The van der Waals surface area contributed by atoms with Crippen LogP contribution in [0.2, 0.25) is 0 Å². The number of hydrogen-bond donors (Lipinski definition) is 0. The van der Waals surface area contributed by atoms with E-state index >= 15 is 0 Å². The summed E-state index contributed by atoms with van der Waals surface area (Å²) >= 11 is 4.54. The van der Waals surface area contributed by atoms with Gasteiger partial charge in [-0.05, 0) is 6.92 Å². The first-order chi connectivity index (χ1) is 2.27. The Morgan fingerprint density at radius 3 is 2.20 bits per heavy atom. The molecule has 0 aromatic rings. The lowest BCUT2D eigenvalue weighted by molar-refractivity contribution is 1.32. The Hall–Kier alpha value is -0.0900. The molecular formula is C4H5S. The number of terminal acetylenes is 1. The van der Waals surface area contributed by atoms with Gasteiger partial charge >= 0.3 is 0 Å². The highest BCUT2D eigenvalue weighted by Gasteiger charge is 1.77. The zero-order chi connectivity index (χ0) is 4.28. The van der Waals surface area contributed by atoms with Crippen LogP contribution in [0.25, 0.3) is 0 Å². The van der Waals surface area contributed by atoms with Gasteiger partial charge < -0.3 is 0 Å². The second-order valence-corrected chi connectivity index (χ2v) is 1.52. The van der Waals surface area contributed by atoms with Crippen molar-refractivity contribution >= 4 is 12.6 Å². The molecule has 0 aromatic heterocycles. The minimum Gasteiger partial charge on any atom is -0.119 e. The van der Waals surface area contributed by atoms with Crippen LogP contribution >= 0.6 is 12.6 Å². The Morgan fingerprint density at radius 2 is 2.20 bits per heavy atom. The molecule has 0 fully saturated rings. The van der Waals surface area contributed by atoms with Crippen LogP contribution in [-0.2, 0) is 0 Å². The zero-order valence-corrected chi connectivity index (χ0v) is 3.88. The SMILES string of the molecule is C#CC(C)[S]. The first-order valence-electron chi connectivity index (χ1n) is 1.39. The minimum absolute atomic E-state index is 0.00463. The van der Waals surface area contributed by atoms with Gasteiger partial charge in [0.2, 0.25) is 0 Å². The lowest BCUT2D eigenvalue weighted by Crippen LogP contribution is -1.77. The van der Waals surface area contributed by atoms with E-state index in [-0.39, 0.29) is 5.25 Å². The van der Waals surface area contributed by atoms with Gasteiger partial charge in [-0.15, -0.1) is 6.42 Å². The number of rotatable bonds is 0. The molecule has 0 amide bonds. The van der Waals surface area contributed by atoms with E-state index in [1.54, 1.807) is 6.92 Å². The molecule has 0 aliphatic rings. The Bertz CT molecular complexity index is 49.2. The van der Waals surface area contributed by atoms with Gasteiger partial charge in [0.25, 0.3) is 0 Å². The fraction of sp³-hybridized carbons (Fsp3) is 0.500. The Labute approximate surface area is 38.0 Å². The van der Waals surface area contributed by atoms with Crippen LogP contribution in [0.1, 0.15) is 6.92 Å². The first-order valence-corrected chi connectivity index (χ1v) is 1.86. The molecule has 0 saturated heterocycles. The molecule has 1 radical (unpaired) electrons. The molecule has 1 unspecified atom stereocenters. The molecule has 0 heterocycles. The normalized spacial score (nSPS) is 13.0. The van der Waals surface area contributed by atoms with Gasteiger partial charge in [-0.25, -0.2) is 0 Å². The summed E-state index contributed by atoms with van der Waals surface area (Å²) in [6, 6.07) is 0. The quantitative estimate of drug-likeness (QED) is 0.388. The van der Waals surface area contributed by atoms with E-state index in [9.17, 15) is 0 Å². The molecule has 5 heavy (non-hydrogen) atoms. The van der Waals surface area contributed by atoms with Gasteiger partial charge in [-0.3, -0.25) is 0 Å². The van der Waals surface area contributed by atoms with Crippen molar-refractivity contribution in [2.45, 2.75) is 12.2 Å². The van der Waals surface area contributed by atoms with Crippen LogP contribution in [-0.4, -0.2) is 5.25 Å². The topological polar surface area (TPSA) is 0 Å². The maximum Gasteiger partial charge on any atom is 0.0730 e. The van der Waals surface area contributed by atoms with Gasteiger partial charge in [0, 0.05) is 0 Å². The summed E-state index contributed by atoms with van der Waals surface area (Å²) in [5, 5.41) is -0.00463. The second kappa shape index (κ2) is 2.17. The lowest BCUT2D eigenvalue weighted by Gasteiger charge is -1.77. The second-order valence-electron chi connectivity index (χ2n) is 0.809. The summed E-state index contributed by atoms with van der Waals surface area (Å²) in [6.07, 6.45) is 4.82. The predicted octanol–water partition coefficient (Wildman–Crippen LogP) is 1.21. The third-order valence-corrected chi connectivity index (χ3v) is 0.371. The average Bonchev–Trinajstić information content (AvgIpc) is 1.38. The monoisotopic (exact) mass is 85.0 g/mol. The van der Waals surface area contributed by atoms with Crippen LogP contribution in [0.4, 0.5) is 0 Å². The van der Waals surface area contributed by atoms with E-state index in [0.717, 1.165) is 0 Å². The highest BCUT2D eigenvalue weighted by atomic mass is 32.1. The van der Waals surface area contributed by atoms with E-state index < -0.39 is 0 Å². The summed E-state index contributed by atoms with van der Waals surface area (Å²) in [5.41, 5.74) is 0. The predicted molar refractivity (Wildman–Crippen MR) is 25.9 cm³/mol. The molecule has 0 spiro atoms. The van der Waals surface area contributed by atoms with Gasteiger partial charge in [0.05, 0.1) is 5.25 Å². The summed E-state index contributed by atoms with van der Waals surface area (Å²) < 4.78 is 0. The van der Waals surface area contributed by atoms with Crippen LogP contribution < -0.4 is 0 Å². The third kappa shape index (κ3) is 3.91. The fourth-order valence-electron chi connectivity index (χ4n) is 0. The third-order valence-electron chi connectivity index (χ3n) is 0.235. The Balaban J connectivity index is 2.94. The standard InChI is InChI=1S/C4H5S/c1-3-4(2)5/h1,4H,2H3. The van der Waals surface area contributed by atoms with Crippen molar-refractivity contribution in [3.05, 3.63) is 0 Å². The maximum atomic E-state index is 4.82. The van der Waals surface area contributed by atoms with E-state index in [4.69, 9.17) is 6.42 Å². The minimum atomic E-state index is -0.00463. The van der Waals surface area contributed by atoms with Gasteiger partial charge in [0.15, 0.2) is 0 Å². The molecule has 0 rings (SSSR count). The molecule has 0 aromatic carbocycles. The van der Waals surface area contributed by atoms with Gasteiger partial charge in [-0.1, -0.05) is 18.5 Å². The van der Waals surface area contributed by atoms with E-state index in [1.807, 2.05) is 0 Å². The van der Waals surface area contributed by atoms with Crippen molar-refractivity contribution in [3.8, 4) is 12.3 Å². The van der Waals surface area contributed by atoms with Crippen molar-refractivity contribution in [3.63, 3.8) is 0 Å².